The van der Waals surface area contributed by atoms with Crippen molar-refractivity contribution in [1.29, 1.82) is 5.26 Å². The molecule has 0 saturated heterocycles. The first-order valence-electron chi connectivity index (χ1n) is 6.02. The first-order chi connectivity index (χ1) is 9.45. The van der Waals surface area contributed by atoms with Crippen LogP contribution in [0.1, 0.15) is 24.2 Å². The number of benzene rings is 1. The van der Waals surface area contributed by atoms with Gasteiger partial charge in [-0.3, -0.25) is 9.59 Å². The molecule has 0 aliphatic carbocycles. The van der Waals surface area contributed by atoms with Gasteiger partial charge in [0.05, 0.1) is 5.56 Å². The number of para-hydroxylation sites is 1. The highest BCUT2D eigenvalue weighted by molar-refractivity contribution is 6.01. The van der Waals surface area contributed by atoms with Crippen molar-refractivity contribution in [1.82, 2.24) is 10.6 Å². The van der Waals surface area contributed by atoms with E-state index in [-0.39, 0.29) is 17.2 Å². The Hall–Kier alpha value is -2.81. The summed E-state index contributed by atoms with van der Waals surface area (Å²) >= 11 is 0. The quantitative estimate of drug-likeness (QED) is 0.430. The first kappa shape index (κ1) is 15.2. The Morgan fingerprint density at radius 2 is 2.00 bits per heavy atom. The third-order valence-electron chi connectivity index (χ3n) is 2.34. The minimum Gasteiger partial charge on any atom is -0.398 e. The molecule has 0 bridgehead atoms. The van der Waals surface area contributed by atoms with Gasteiger partial charge in [-0.1, -0.05) is 12.1 Å². The maximum absolute atomic E-state index is 11.9. The molecule has 0 aliphatic heterocycles. The summed E-state index contributed by atoms with van der Waals surface area (Å²) in [5.74, 6) is -1.02. The molecular weight excluding hydrogens is 256 g/mol. The smallest absolute Gasteiger partial charge is 0.263 e. The fourth-order valence-electron chi connectivity index (χ4n) is 1.41. The van der Waals surface area contributed by atoms with Gasteiger partial charge in [-0.2, -0.15) is 5.26 Å². The molecule has 104 valence electrons. The summed E-state index contributed by atoms with van der Waals surface area (Å²) < 4.78 is 0. The van der Waals surface area contributed by atoms with Crippen molar-refractivity contribution in [2.45, 2.75) is 19.9 Å². The van der Waals surface area contributed by atoms with Gasteiger partial charge in [-0.25, -0.2) is 0 Å². The Morgan fingerprint density at radius 1 is 1.35 bits per heavy atom. The molecule has 0 aliphatic rings. The molecule has 0 unspecified atom stereocenters. The number of nitriles is 1. The summed E-state index contributed by atoms with van der Waals surface area (Å²) in [7, 11) is 0. The molecule has 20 heavy (non-hydrogen) atoms. The second-order valence-electron chi connectivity index (χ2n) is 4.36. The molecule has 0 fully saturated rings. The number of nitrogens with two attached hydrogens (primary N) is 1. The van der Waals surface area contributed by atoms with Crippen LogP contribution in [0.25, 0.3) is 0 Å². The largest absolute Gasteiger partial charge is 0.398 e. The zero-order chi connectivity index (χ0) is 15.1. The van der Waals surface area contributed by atoms with Crippen molar-refractivity contribution >= 4 is 17.5 Å². The van der Waals surface area contributed by atoms with Crippen LogP contribution in [0.15, 0.2) is 36.0 Å². The van der Waals surface area contributed by atoms with Crippen LogP contribution in [0.2, 0.25) is 0 Å². The third kappa shape index (κ3) is 4.14. The van der Waals surface area contributed by atoms with Gasteiger partial charge in [0.25, 0.3) is 11.8 Å². The molecule has 1 aromatic rings. The van der Waals surface area contributed by atoms with E-state index in [1.807, 2.05) is 0 Å². The Kier molecular flexibility index (Phi) is 5.30. The Balaban J connectivity index is 2.80. The normalized spacial score (nSPS) is 10.8. The van der Waals surface area contributed by atoms with Crippen LogP contribution in [0.5, 0.6) is 0 Å². The van der Waals surface area contributed by atoms with E-state index in [0.29, 0.717) is 5.69 Å². The topological polar surface area (TPSA) is 108 Å². The van der Waals surface area contributed by atoms with E-state index < -0.39 is 11.8 Å². The van der Waals surface area contributed by atoms with Crippen LogP contribution in [-0.2, 0) is 4.79 Å². The van der Waals surface area contributed by atoms with E-state index in [1.54, 1.807) is 44.2 Å². The molecule has 0 heterocycles. The van der Waals surface area contributed by atoms with E-state index >= 15 is 0 Å². The van der Waals surface area contributed by atoms with Crippen molar-refractivity contribution in [3.05, 3.63) is 41.6 Å². The predicted molar refractivity (Wildman–Crippen MR) is 75.3 cm³/mol. The van der Waals surface area contributed by atoms with Crippen LogP contribution in [0, 0.1) is 11.3 Å². The minimum atomic E-state index is -0.538. The molecular formula is C14H16N4O2. The number of nitrogens with one attached hydrogen (secondary N) is 2. The molecule has 1 aromatic carbocycles. The first-order valence-corrected chi connectivity index (χ1v) is 6.02. The van der Waals surface area contributed by atoms with E-state index in [9.17, 15) is 9.59 Å². The van der Waals surface area contributed by atoms with E-state index in [4.69, 9.17) is 11.0 Å². The van der Waals surface area contributed by atoms with Crippen molar-refractivity contribution in [2.24, 2.45) is 0 Å². The predicted octanol–water partition coefficient (Wildman–Crippen LogP) is 0.931. The number of carbonyl (C=O) groups is 2. The second-order valence-corrected chi connectivity index (χ2v) is 4.36. The van der Waals surface area contributed by atoms with Crippen molar-refractivity contribution in [3.63, 3.8) is 0 Å². The number of nitrogen functional groups attached to an aromatic ring is 1. The minimum absolute atomic E-state index is 0.0975. The highest BCUT2D eigenvalue weighted by Gasteiger charge is 2.12. The zero-order valence-electron chi connectivity index (χ0n) is 11.3. The molecule has 0 radical (unpaired) electrons. The van der Waals surface area contributed by atoms with Gasteiger partial charge in [-0.15, -0.1) is 0 Å². The molecule has 2 amide bonds. The Morgan fingerprint density at radius 3 is 2.55 bits per heavy atom. The third-order valence-corrected chi connectivity index (χ3v) is 2.34. The van der Waals surface area contributed by atoms with Crippen LogP contribution in [-0.4, -0.2) is 17.9 Å². The van der Waals surface area contributed by atoms with Crippen LogP contribution >= 0.6 is 0 Å². The van der Waals surface area contributed by atoms with E-state index in [0.717, 1.165) is 6.20 Å². The van der Waals surface area contributed by atoms with Crippen LogP contribution < -0.4 is 16.4 Å². The molecule has 6 heteroatoms. The van der Waals surface area contributed by atoms with Crippen molar-refractivity contribution in [2.75, 3.05) is 5.73 Å². The summed E-state index contributed by atoms with van der Waals surface area (Å²) in [5.41, 5.74) is 6.09. The van der Waals surface area contributed by atoms with Crippen LogP contribution in [0.4, 0.5) is 5.69 Å². The Labute approximate surface area is 117 Å². The fraction of sp³-hybridized carbons (Fsp3) is 0.214. The van der Waals surface area contributed by atoms with E-state index in [2.05, 4.69) is 10.6 Å². The number of amides is 2. The monoisotopic (exact) mass is 272 g/mol. The highest BCUT2D eigenvalue weighted by atomic mass is 16.2. The standard InChI is InChI=1S/C14H16N4O2/c1-9(2)18-13(19)10(7-15)8-17-14(20)11-5-3-4-6-12(11)16/h3-6,8-9H,16H2,1-2H3,(H,17,20)(H,18,19)/b10-8-. The lowest BCUT2D eigenvalue weighted by atomic mass is 10.1. The zero-order valence-corrected chi connectivity index (χ0v) is 11.3. The fourth-order valence-corrected chi connectivity index (χ4v) is 1.41. The number of hydrogen-bond donors (Lipinski definition) is 3. The number of hydrogen-bond acceptors (Lipinski definition) is 4. The van der Waals surface area contributed by atoms with Gasteiger partial charge < -0.3 is 16.4 Å². The summed E-state index contributed by atoms with van der Waals surface area (Å²) in [6.45, 7) is 3.55. The van der Waals surface area contributed by atoms with Gasteiger partial charge in [0.2, 0.25) is 0 Å². The maximum atomic E-state index is 11.9. The average molecular weight is 272 g/mol. The summed E-state index contributed by atoms with van der Waals surface area (Å²) in [4.78, 5) is 23.5. The summed E-state index contributed by atoms with van der Waals surface area (Å²) in [6, 6.07) is 8.16. The molecule has 0 saturated carbocycles. The molecule has 6 nitrogen and oxygen atoms in total. The summed E-state index contributed by atoms with van der Waals surface area (Å²) in [5, 5.41) is 13.8. The van der Waals surface area contributed by atoms with Gasteiger partial charge in [0.15, 0.2) is 0 Å². The van der Waals surface area contributed by atoms with E-state index in [1.165, 1.54) is 0 Å². The van der Waals surface area contributed by atoms with Crippen LogP contribution in [0.3, 0.4) is 0 Å². The van der Waals surface area contributed by atoms with Gasteiger partial charge >= 0.3 is 0 Å². The second kappa shape index (κ2) is 6.95. The van der Waals surface area contributed by atoms with Crippen molar-refractivity contribution < 1.29 is 9.59 Å². The van der Waals surface area contributed by atoms with Gasteiger partial charge in [0.1, 0.15) is 11.6 Å². The number of rotatable bonds is 4. The molecule has 1 rings (SSSR count). The van der Waals surface area contributed by atoms with Gasteiger partial charge in [0, 0.05) is 17.9 Å². The molecule has 0 aromatic heterocycles. The van der Waals surface area contributed by atoms with Crippen molar-refractivity contribution in [3.8, 4) is 6.07 Å². The Bertz CT molecular complexity index is 585. The lowest BCUT2D eigenvalue weighted by molar-refractivity contribution is -0.117. The maximum Gasteiger partial charge on any atom is 0.263 e. The number of anilines is 1. The lowest BCUT2D eigenvalue weighted by Gasteiger charge is -2.07. The molecule has 0 spiro atoms. The molecule has 0 atom stereocenters. The van der Waals surface area contributed by atoms with Gasteiger partial charge in [-0.05, 0) is 26.0 Å². The molecule has 4 N–H and O–H groups in total. The lowest BCUT2D eigenvalue weighted by Crippen LogP contribution is -2.32. The number of carbonyl (C=O) groups excluding carboxylic acids is 2. The highest BCUT2D eigenvalue weighted by Crippen LogP contribution is 2.09. The SMILES string of the molecule is CC(C)NC(=O)/C(C#N)=C\NC(=O)c1ccccc1N. The average Bonchev–Trinajstić information content (AvgIpc) is 2.38. The summed E-state index contributed by atoms with van der Waals surface area (Å²) in [6.07, 6.45) is 1.08. The number of nitrogens with zero attached hydrogens (tertiary/aromatic N) is 1.